The first-order valence-corrected chi connectivity index (χ1v) is 6.57. The molecule has 0 fully saturated rings. The van der Waals surface area contributed by atoms with Gasteiger partial charge in [-0.3, -0.25) is 4.79 Å². The van der Waals surface area contributed by atoms with E-state index in [1.165, 1.54) is 10.9 Å². The Morgan fingerprint density at radius 1 is 1.23 bits per heavy atom. The molecular weight excluding hydrogens is 284 g/mol. The number of carbonyl (C=O) groups is 1. The first-order chi connectivity index (χ1) is 10.6. The molecule has 4 N–H and O–H groups in total. The number of ether oxygens (including phenoxy) is 1. The molecule has 112 valence electrons. The lowest BCUT2D eigenvalue weighted by Gasteiger charge is -2.09. The summed E-state index contributed by atoms with van der Waals surface area (Å²) >= 11 is 0. The van der Waals surface area contributed by atoms with Gasteiger partial charge in [-0.05, 0) is 5.56 Å². The number of hydrogen-bond donors (Lipinski definition) is 2. The van der Waals surface area contributed by atoms with E-state index in [1.54, 1.807) is 0 Å². The Kier molecular flexibility index (Phi) is 3.57. The van der Waals surface area contributed by atoms with Crippen LogP contribution < -0.4 is 16.2 Å². The zero-order chi connectivity index (χ0) is 15.5. The number of primary amides is 1. The van der Waals surface area contributed by atoms with Crippen LogP contribution in [0.2, 0.25) is 0 Å². The fraction of sp³-hybridized carbons (Fsp3) is 0.143. The molecule has 22 heavy (non-hydrogen) atoms. The molecule has 3 aromatic rings. The number of anilines is 1. The van der Waals surface area contributed by atoms with Crippen molar-refractivity contribution in [3.05, 3.63) is 42.2 Å². The number of nitrogens with two attached hydrogens (primary N) is 2. The number of carbonyl (C=O) groups excluding carboxylic acids is 1. The second-order valence-electron chi connectivity index (χ2n) is 4.67. The summed E-state index contributed by atoms with van der Waals surface area (Å²) < 4.78 is 7.26. The summed E-state index contributed by atoms with van der Waals surface area (Å²) in [5.74, 6) is -0.171. The van der Waals surface area contributed by atoms with Crippen LogP contribution in [0, 0.1) is 0 Å². The number of fused-ring (bicyclic) bond motifs is 1. The van der Waals surface area contributed by atoms with E-state index in [0.717, 1.165) is 5.56 Å². The number of hydrogen-bond acceptors (Lipinski definition) is 6. The Labute approximate surface area is 125 Å². The van der Waals surface area contributed by atoms with Gasteiger partial charge in [-0.15, -0.1) is 0 Å². The van der Waals surface area contributed by atoms with Crippen molar-refractivity contribution >= 4 is 23.0 Å². The molecule has 0 unspecified atom stereocenters. The fourth-order valence-corrected chi connectivity index (χ4v) is 2.08. The Morgan fingerprint density at radius 3 is 2.73 bits per heavy atom. The highest BCUT2D eigenvalue weighted by Crippen LogP contribution is 2.23. The SMILES string of the molecule is NC(=O)Cn1cnc2nc(N)nc(OCc3ccccc3)c21. The Morgan fingerprint density at radius 2 is 2.00 bits per heavy atom. The molecule has 0 aliphatic carbocycles. The largest absolute Gasteiger partial charge is 0.471 e. The highest BCUT2D eigenvalue weighted by molar-refractivity contribution is 5.81. The van der Waals surface area contributed by atoms with E-state index in [9.17, 15) is 4.79 Å². The molecule has 0 saturated heterocycles. The predicted molar refractivity (Wildman–Crippen MR) is 79.7 cm³/mol. The van der Waals surface area contributed by atoms with Gasteiger partial charge >= 0.3 is 0 Å². The summed E-state index contributed by atoms with van der Waals surface area (Å²) in [5.41, 5.74) is 12.7. The van der Waals surface area contributed by atoms with E-state index in [1.807, 2.05) is 30.3 Å². The second-order valence-corrected chi connectivity index (χ2v) is 4.67. The van der Waals surface area contributed by atoms with Crippen LogP contribution in [-0.4, -0.2) is 25.4 Å². The van der Waals surface area contributed by atoms with Crippen LogP contribution in [0.3, 0.4) is 0 Å². The maximum absolute atomic E-state index is 11.1. The minimum Gasteiger partial charge on any atom is -0.471 e. The number of nitrogen functional groups attached to an aromatic ring is 1. The number of amides is 1. The van der Waals surface area contributed by atoms with Crippen molar-refractivity contribution in [2.75, 3.05) is 5.73 Å². The Hall–Kier alpha value is -3.16. The maximum Gasteiger partial charge on any atom is 0.245 e. The van der Waals surface area contributed by atoms with Crippen LogP contribution in [-0.2, 0) is 17.9 Å². The van der Waals surface area contributed by atoms with Gasteiger partial charge in [0.25, 0.3) is 0 Å². The molecule has 0 saturated carbocycles. The molecule has 8 heteroatoms. The number of aromatic nitrogens is 4. The smallest absolute Gasteiger partial charge is 0.245 e. The van der Waals surface area contributed by atoms with Crippen molar-refractivity contribution in [2.45, 2.75) is 13.2 Å². The van der Waals surface area contributed by atoms with Crippen LogP contribution in [0.25, 0.3) is 11.2 Å². The predicted octanol–water partition coefficient (Wildman–Crippen LogP) is 0.473. The molecule has 0 radical (unpaired) electrons. The van der Waals surface area contributed by atoms with Crippen LogP contribution in [0.5, 0.6) is 5.88 Å². The fourth-order valence-electron chi connectivity index (χ4n) is 2.08. The van der Waals surface area contributed by atoms with Gasteiger partial charge in [-0.25, -0.2) is 4.98 Å². The van der Waals surface area contributed by atoms with Crippen molar-refractivity contribution in [1.29, 1.82) is 0 Å². The standard InChI is InChI=1S/C14H14N6O2/c15-10(21)6-20-8-17-12-11(20)13(19-14(16)18-12)22-7-9-4-2-1-3-5-9/h1-5,8H,6-7H2,(H2,15,21)(H2,16,18,19). The minimum atomic E-state index is -0.495. The van der Waals surface area contributed by atoms with Gasteiger partial charge in [-0.1, -0.05) is 30.3 Å². The molecule has 0 bridgehead atoms. The molecular formula is C14H14N6O2. The second kappa shape index (κ2) is 5.68. The van der Waals surface area contributed by atoms with Crippen LogP contribution in [0.15, 0.2) is 36.7 Å². The highest BCUT2D eigenvalue weighted by Gasteiger charge is 2.15. The average Bonchev–Trinajstić information content (AvgIpc) is 2.88. The number of imidazole rings is 1. The van der Waals surface area contributed by atoms with Gasteiger partial charge in [0.2, 0.25) is 17.7 Å². The van der Waals surface area contributed by atoms with E-state index >= 15 is 0 Å². The molecule has 0 aliphatic heterocycles. The Bertz CT molecular complexity index is 815. The van der Waals surface area contributed by atoms with Crippen molar-refractivity contribution in [3.8, 4) is 5.88 Å². The summed E-state index contributed by atoms with van der Waals surface area (Å²) in [7, 11) is 0. The number of nitrogens with zero attached hydrogens (tertiary/aromatic N) is 4. The molecule has 2 heterocycles. The quantitative estimate of drug-likeness (QED) is 0.706. The topological polar surface area (TPSA) is 122 Å². The lowest BCUT2D eigenvalue weighted by atomic mass is 10.2. The monoisotopic (exact) mass is 298 g/mol. The van der Waals surface area contributed by atoms with Gasteiger partial charge in [0.15, 0.2) is 11.2 Å². The van der Waals surface area contributed by atoms with Crippen molar-refractivity contribution in [1.82, 2.24) is 19.5 Å². The molecule has 2 aromatic heterocycles. The van der Waals surface area contributed by atoms with Crippen LogP contribution in [0.1, 0.15) is 5.56 Å². The molecule has 0 atom stereocenters. The molecule has 1 amide bonds. The Balaban J connectivity index is 1.96. The zero-order valence-electron chi connectivity index (χ0n) is 11.6. The molecule has 3 rings (SSSR count). The van der Waals surface area contributed by atoms with Crippen molar-refractivity contribution in [2.24, 2.45) is 5.73 Å². The van der Waals surface area contributed by atoms with Crippen molar-refractivity contribution in [3.63, 3.8) is 0 Å². The van der Waals surface area contributed by atoms with E-state index in [-0.39, 0.29) is 18.4 Å². The normalized spacial score (nSPS) is 10.7. The number of benzene rings is 1. The first kappa shape index (κ1) is 13.8. The van der Waals surface area contributed by atoms with Crippen LogP contribution in [0.4, 0.5) is 5.95 Å². The average molecular weight is 298 g/mol. The third-order valence-corrected chi connectivity index (χ3v) is 3.00. The minimum absolute atomic E-state index is 0.0362. The first-order valence-electron chi connectivity index (χ1n) is 6.57. The van der Waals surface area contributed by atoms with Crippen molar-refractivity contribution < 1.29 is 9.53 Å². The zero-order valence-corrected chi connectivity index (χ0v) is 11.6. The van der Waals surface area contributed by atoms with Gasteiger partial charge in [0.1, 0.15) is 13.2 Å². The van der Waals surface area contributed by atoms with E-state index < -0.39 is 5.91 Å². The lowest BCUT2D eigenvalue weighted by molar-refractivity contribution is -0.118. The summed E-state index contributed by atoms with van der Waals surface area (Å²) in [6.07, 6.45) is 1.46. The van der Waals surface area contributed by atoms with Gasteiger partial charge < -0.3 is 20.8 Å². The van der Waals surface area contributed by atoms with Crippen LogP contribution >= 0.6 is 0 Å². The lowest BCUT2D eigenvalue weighted by Crippen LogP contribution is -2.18. The summed E-state index contributed by atoms with van der Waals surface area (Å²) in [5, 5.41) is 0. The molecule has 0 spiro atoms. The van der Waals surface area contributed by atoms with E-state index in [0.29, 0.717) is 17.8 Å². The molecule has 0 aliphatic rings. The van der Waals surface area contributed by atoms with Gasteiger partial charge in [0, 0.05) is 0 Å². The number of rotatable bonds is 5. The van der Waals surface area contributed by atoms with E-state index in [2.05, 4.69) is 15.0 Å². The van der Waals surface area contributed by atoms with Gasteiger partial charge in [-0.2, -0.15) is 9.97 Å². The van der Waals surface area contributed by atoms with E-state index in [4.69, 9.17) is 16.2 Å². The molecule has 1 aromatic carbocycles. The highest BCUT2D eigenvalue weighted by atomic mass is 16.5. The summed E-state index contributed by atoms with van der Waals surface area (Å²) in [6.45, 7) is 0.277. The molecule has 8 nitrogen and oxygen atoms in total. The maximum atomic E-state index is 11.1. The van der Waals surface area contributed by atoms with Gasteiger partial charge in [0.05, 0.1) is 6.33 Å². The summed E-state index contributed by atoms with van der Waals surface area (Å²) in [4.78, 5) is 23.3. The summed E-state index contributed by atoms with van der Waals surface area (Å²) in [6, 6.07) is 9.62. The third kappa shape index (κ3) is 2.80. The third-order valence-electron chi connectivity index (χ3n) is 3.00.